The summed E-state index contributed by atoms with van der Waals surface area (Å²) in [4.78, 5) is 0. The maximum atomic E-state index is 7.16. The van der Waals surface area contributed by atoms with Crippen LogP contribution in [0.25, 0.3) is 0 Å². The van der Waals surface area contributed by atoms with E-state index in [0.29, 0.717) is 10.8 Å². The molecule has 19 heavy (non-hydrogen) atoms. The summed E-state index contributed by atoms with van der Waals surface area (Å²) in [5.41, 5.74) is 8.63. The van der Waals surface area contributed by atoms with Crippen molar-refractivity contribution in [1.82, 2.24) is 0 Å². The van der Waals surface area contributed by atoms with Crippen molar-refractivity contribution < 1.29 is 0 Å². The van der Waals surface area contributed by atoms with Crippen LogP contribution in [0.5, 0.6) is 0 Å². The van der Waals surface area contributed by atoms with Crippen LogP contribution in [0.3, 0.4) is 0 Å². The van der Waals surface area contributed by atoms with E-state index in [1.165, 1.54) is 57.8 Å². The van der Waals surface area contributed by atoms with Crippen LogP contribution in [0.4, 0.5) is 0 Å². The lowest BCUT2D eigenvalue weighted by molar-refractivity contribution is -0.0838. The van der Waals surface area contributed by atoms with E-state index in [-0.39, 0.29) is 5.54 Å². The maximum Gasteiger partial charge on any atom is 0.0275 e. The molecule has 2 N–H and O–H groups in total. The van der Waals surface area contributed by atoms with Gasteiger partial charge in [0.05, 0.1) is 0 Å². The van der Waals surface area contributed by atoms with E-state index >= 15 is 0 Å². The Morgan fingerprint density at radius 3 is 1.74 bits per heavy atom. The molecule has 6 aliphatic rings. The van der Waals surface area contributed by atoms with E-state index in [4.69, 9.17) is 5.73 Å². The molecule has 0 heterocycles. The third-order valence-electron chi connectivity index (χ3n) is 8.23. The van der Waals surface area contributed by atoms with E-state index in [1.54, 1.807) is 19.3 Å². The summed E-state index contributed by atoms with van der Waals surface area (Å²) in [5.74, 6) is 3.19. The monoisotopic (exact) mass is 259 g/mol. The van der Waals surface area contributed by atoms with E-state index < -0.39 is 0 Å². The highest BCUT2D eigenvalue weighted by molar-refractivity contribution is 5.29. The summed E-state index contributed by atoms with van der Waals surface area (Å²) in [6, 6.07) is 0. The molecule has 0 aromatic rings. The van der Waals surface area contributed by atoms with Gasteiger partial charge in [-0.15, -0.1) is 0 Å². The summed E-state index contributed by atoms with van der Waals surface area (Å²) >= 11 is 0. The first kappa shape index (κ1) is 11.6. The van der Waals surface area contributed by atoms with Crippen molar-refractivity contribution in [2.45, 2.75) is 82.6 Å². The molecular formula is C18H29N. The molecule has 0 radical (unpaired) electrons. The quantitative estimate of drug-likeness (QED) is 0.748. The highest BCUT2D eigenvalue weighted by Crippen LogP contribution is 2.76. The molecule has 0 saturated heterocycles. The maximum absolute atomic E-state index is 7.16. The van der Waals surface area contributed by atoms with Gasteiger partial charge >= 0.3 is 0 Å². The number of nitrogens with two attached hydrogens (primary N) is 1. The number of hydrogen-bond donors (Lipinski definition) is 1. The molecule has 6 fully saturated rings. The first-order valence-corrected chi connectivity index (χ1v) is 8.94. The van der Waals surface area contributed by atoms with E-state index in [1.807, 2.05) is 0 Å². The Bertz CT molecular complexity index is 371. The lowest BCUT2D eigenvalue weighted by Crippen LogP contribution is -2.58. The molecule has 1 heteroatoms. The van der Waals surface area contributed by atoms with Crippen molar-refractivity contribution in [2.24, 2.45) is 34.3 Å². The fourth-order valence-corrected chi connectivity index (χ4v) is 7.75. The molecule has 1 atom stereocenters. The van der Waals surface area contributed by atoms with E-state index in [2.05, 4.69) is 0 Å². The van der Waals surface area contributed by atoms with Gasteiger partial charge < -0.3 is 5.73 Å². The van der Waals surface area contributed by atoms with E-state index in [9.17, 15) is 0 Å². The van der Waals surface area contributed by atoms with Crippen LogP contribution in [0.15, 0.2) is 0 Å². The van der Waals surface area contributed by atoms with Crippen molar-refractivity contribution in [3.8, 4) is 0 Å². The highest BCUT2D eigenvalue weighted by atomic mass is 15.0. The van der Waals surface area contributed by atoms with Crippen molar-refractivity contribution in [1.29, 1.82) is 0 Å². The van der Waals surface area contributed by atoms with Crippen LogP contribution < -0.4 is 5.73 Å². The third kappa shape index (κ3) is 1.32. The van der Waals surface area contributed by atoms with Gasteiger partial charge in [-0.2, -0.15) is 0 Å². The molecule has 6 rings (SSSR count). The minimum absolute atomic E-state index is 0.274. The van der Waals surface area contributed by atoms with Gasteiger partial charge in [-0.05, 0) is 86.4 Å². The van der Waals surface area contributed by atoms with Gasteiger partial charge in [0.2, 0.25) is 0 Å². The molecule has 1 spiro atoms. The molecule has 0 amide bonds. The fraction of sp³-hybridized carbons (Fsp3) is 1.00. The molecule has 106 valence electrons. The summed E-state index contributed by atoms with van der Waals surface area (Å²) in [7, 11) is 0. The minimum atomic E-state index is 0.274. The predicted octanol–water partition coefficient (Wildman–Crippen LogP) is 4.25. The standard InChI is InChI=1S/C18H29N/c19-18(12-16(18)4-2-1-3-5-16)17-9-13-6-14(10-17)8-15(7-13)11-17/h13-15H,1-12,19H2. The van der Waals surface area contributed by atoms with Crippen molar-refractivity contribution in [3.05, 3.63) is 0 Å². The minimum Gasteiger partial charge on any atom is -0.324 e. The molecule has 6 aliphatic carbocycles. The first-order chi connectivity index (χ1) is 9.15. The zero-order valence-corrected chi connectivity index (χ0v) is 12.3. The molecule has 1 unspecified atom stereocenters. The summed E-state index contributed by atoms with van der Waals surface area (Å²) in [6.45, 7) is 0. The predicted molar refractivity (Wildman–Crippen MR) is 77.7 cm³/mol. The Labute approximate surface area is 117 Å². The smallest absolute Gasteiger partial charge is 0.0275 e. The lowest BCUT2D eigenvalue weighted by atomic mass is 9.46. The summed E-state index contributed by atoms with van der Waals surface area (Å²) < 4.78 is 0. The van der Waals surface area contributed by atoms with Crippen molar-refractivity contribution in [2.75, 3.05) is 0 Å². The Kier molecular flexibility index (Phi) is 2.08. The Balaban J connectivity index is 1.49. The molecular weight excluding hydrogens is 230 g/mol. The molecule has 0 aliphatic heterocycles. The summed E-state index contributed by atoms with van der Waals surface area (Å²) in [6.07, 6.45) is 17.9. The highest BCUT2D eigenvalue weighted by Gasteiger charge is 2.74. The first-order valence-electron chi connectivity index (χ1n) is 8.94. The number of hydrogen-bond acceptors (Lipinski definition) is 1. The Morgan fingerprint density at radius 2 is 1.21 bits per heavy atom. The largest absolute Gasteiger partial charge is 0.324 e. The SMILES string of the molecule is NC1(C23CC4CC(CC(C4)C2)C3)CC12CCCCC2. The third-order valence-corrected chi connectivity index (χ3v) is 8.23. The van der Waals surface area contributed by atoms with E-state index in [0.717, 1.165) is 17.8 Å². The molecule has 0 aromatic heterocycles. The van der Waals surface area contributed by atoms with Gasteiger partial charge in [0.25, 0.3) is 0 Å². The zero-order chi connectivity index (χ0) is 12.7. The second-order valence-electron chi connectivity index (χ2n) is 9.19. The second-order valence-corrected chi connectivity index (χ2v) is 9.19. The average Bonchev–Trinajstić information content (AvgIpc) is 2.94. The zero-order valence-electron chi connectivity index (χ0n) is 12.3. The van der Waals surface area contributed by atoms with Crippen LogP contribution in [0.2, 0.25) is 0 Å². The fourth-order valence-electron chi connectivity index (χ4n) is 7.75. The molecule has 0 aromatic carbocycles. The summed E-state index contributed by atoms with van der Waals surface area (Å²) in [5, 5.41) is 0. The van der Waals surface area contributed by atoms with Crippen LogP contribution in [-0.2, 0) is 0 Å². The van der Waals surface area contributed by atoms with Gasteiger partial charge in [0.15, 0.2) is 0 Å². The molecule has 6 saturated carbocycles. The van der Waals surface area contributed by atoms with Crippen LogP contribution in [-0.4, -0.2) is 5.54 Å². The van der Waals surface area contributed by atoms with Crippen LogP contribution in [0.1, 0.15) is 77.0 Å². The van der Waals surface area contributed by atoms with Crippen LogP contribution in [0, 0.1) is 28.6 Å². The van der Waals surface area contributed by atoms with Gasteiger partial charge in [-0.3, -0.25) is 0 Å². The van der Waals surface area contributed by atoms with Gasteiger partial charge in [-0.25, -0.2) is 0 Å². The second kappa shape index (κ2) is 3.40. The van der Waals surface area contributed by atoms with Crippen molar-refractivity contribution >= 4 is 0 Å². The normalized spacial score (nSPS) is 57.6. The topological polar surface area (TPSA) is 26.0 Å². The lowest BCUT2D eigenvalue weighted by Gasteiger charge is -2.60. The van der Waals surface area contributed by atoms with Gasteiger partial charge in [-0.1, -0.05) is 19.3 Å². The molecule has 4 bridgehead atoms. The van der Waals surface area contributed by atoms with Gasteiger partial charge in [0.1, 0.15) is 0 Å². The Hall–Kier alpha value is -0.0400. The van der Waals surface area contributed by atoms with Crippen LogP contribution >= 0.6 is 0 Å². The number of rotatable bonds is 1. The Morgan fingerprint density at radius 1 is 0.684 bits per heavy atom. The van der Waals surface area contributed by atoms with Gasteiger partial charge in [0, 0.05) is 5.54 Å². The average molecular weight is 259 g/mol. The molecule has 1 nitrogen and oxygen atoms in total. The van der Waals surface area contributed by atoms with Crippen molar-refractivity contribution in [3.63, 3.8) is 0 Å².